The molecule has 4 unspecified atom stereocenters. The van der Waals surface area contributed by atoms with E-state index >= 15 is 0 Å². The monoisotopic (exact) mass is 202 g/mol. The number of hydrogen-bond donors (Lipinski definition) is 0. The predicted molar refractivity (Wildman–Crippen MR) is 51.0 cm³/mol. The van der Waals surface area contributed by atoms with Crippen LogP contribution in [0.25, 0.3) is 0 Å². The van der Waals surface area contributed by atoms with Gasteiger partial charge >= 0.3 is 5.97 Å². The second-order valence-corrected chi connectivity index (χ2v) is 9.74. The van der Waals surface area contributed by atoms with E-state index in [1.165, 1.54) is 0 Å². The lowest BCUT2D eigenvalue weighted by Crippen LogP contribution is -1.92. The van der Waals surface area contributed by atoms with E-state index in [9.17, 15) is 4.79 Å². The van der Waals surface area contributed by atoms with Crippen molar-refractivity contribution < 1.29 is 9.32 Å². The molecule has 0 rings (SSSR count). The molecule has 0 aromatic carbocycles. The van der Waals surface area contributed by atoms with Crippen molar-refractivity contribution in [2.24, 2.45) is 0 Å². The summed E-state index contributed by atoms with van der Waals surface area (Å²) in [6.07, 6.45) is 0.475. The van der Waals surface area contributed by atoms with Gasteiger partial charge in [0.15, 0.2) is 0 Å². The lowest BCUT2D eigenvalue weighted by molar-refractivity contribution is -0.132. The molecule has 0 saturated carbocycles. The van der Waals surface area contributed by atoms with Gasteiger partial charge in [0.2, 0.25) is 0 Å². The van der Waals surface area contributed by atoms with Crippen LogP contribution in [0.4, 0.5) is 0 Å². The van der Waals surface area contributed by atoms with Gasteiger partial charge in [-0.2, -0.15) is 0 Å². The van der Waals surface area contributed by atoms with Gasteiger partial charge in [0.1, 0.15) is 7.53 Å². The van der Waals surface area contributed by atoms with E-state index in [2.05, 4.69) is 17.9 Å². The third-order valence-electron chi connectivity index (χ3n) is 0.616. The van der Waals surface area contributed by atoms with Crippen LogP contribution in [0.2, 0.25) is 0 Å². The van der Waals surface area contributed by atoms with Crippen LogP contribution < -0.4 is 0 Å². The molecule has 4 atom stereocenters. The Hall–Kier alpha value is 1.19. The molecule has 0 aromatic heterocycles. The van der Waals surface area contributed by atoms with Crippen LogP contribution in [0.15, 0.2) is 0 Å². The maximum atomic E-state index is 10.6. The van der Waals surface area contributed by atoms with Gasteiger partial charge in [0.25, 0.3) is 0 Å². The summed E-state index contributed by atoms with van der Waals surface area (Å²) >= 11 is 0. The molecule has 0 heterocycles. The van der Waals surface area contributed by atoms with Crippen LogP contribution in [0.1, 0.15) is 13.3 Å². The van der Waals surface area contributed by atoms with Crippen molar-refractivity contribution in [3.8, 4) is 0 Å². The molecule has 0 aliphatic carbocycles. The second-order valence-electron chi connectivity index (χ2n) is 1.27. The zero-order valence-corrected chi connectivity index (χ0v) is 9.33. The van der Waals surface area contributed by atoms with Gasteiger partial charge in [-0.25, -0.2) is 0 Å². The van der Waals surface area contributed by atoms with Crippen molar-refractivity contribution in [2.75, 3.05) is 0 Å². The van der Waals surface area contributed by atoms with Gasteiger partial charge in [-0.3, -0.25) is 4.79 Å². The van der Waals surface area contributed by atoms with Crippen molar-refractivity contribution in [3.63, 3.8) is 0 Å². The van der Waals surface area contributed by atoms with Gasteiger partial charge in [0, 0.05) is 6.42 Å². The van der Waals surface area contributed by atoms with Gasteiger partial charge in [-0.1, -0.05) is 15.9 Å². The Labute approximate surface area is 62.6 Å². The maximum absolute atomic E-state index is 10.6. The van der Waals surface area contributed by atoms with Crippen molar-refractivity contribution in [1.82, 2.24) is 0 Å². The summed E-state index contributed by atoms with van der Waals surface area (Å²) in [5.74, 6) is -0.105. The third-order valence-corrected chi connectivity index (χ3v) is 8.94. The Morgan fingerprint density at radius 3 is 2.78 bits per heavy atom. The van der Waals surface area contributed by atoms with Crippen LogP contribution in [-0.2, 0) is 9.32 Å². The minimum Gasteiger partial charge on any atom is -0.436 e. The highest BCUT2D eigenvalue weighted by molar-refractivity contribution is 8.59. The quantitative estimate of drug-likeness (QED) is 0.657. The van der Waals surface area contributed by atoms with E-state index in [-0.39, 0.29) is 5.97 Å². The molecular weight excluding hydrogens is 192 g/mol. The summed E-state index contributed by atoms with van der Waals surface area (Å²) in [5.41, 5.74) is 0. The molecule has 0 bridgehead atoms. The number of hydrogen-bond acceptors (Lipinski definition) is 2. The summed E-state index contributed by atoms with van der Waals surface area (Å²) in [5, 5.41) is 0. The van der Waals surface area contributed by atoms with E-state index < -0.39 is 7.53 Å². The Kier molecular flexibility index (Phi) is 6.72. The SMILES string of the molecule is CCC(=O)OP(P)PP. The fraction of sp³-hybridized carbons (Fsp3) is 0.667. The molecule has 54 valence electrons. The largest absolute Gasteiger partial charge is 0.436 e. The van der Waals surface area contributed by atoms with Gasteiger partial charge < -0.3 is 4.52 Å². The van der Waals surface area contributed by atoms with E-state index in [1.54, 1.807) is 6.92 Å². The maximum Gasteiger partial charge on any atom is 0.308 e. The molecule has 0 aliphatic heterocycles. The van der Waals surface area contributed by atoms with Gasteiger partial charge in [-0.15, -0.1) is 8.93 Å². The Morgan fingerprint density at radius 2 is 2.44 bits per heavy atom. The first-order chi connectivity index (χ1) is 4.20. The fourth-order valence-electron chi connectivity index (χ4n) is 0.201. The van der Waals surface area contributed by atoms with E-state index in [0.717, 1.165) is 0 Å². The number of carbonyl (C=O) groups is 1. The molecule has 2 nitrogen and oxygen atoms in total. The first kappa shape index (κ1) is 10.2. The van der Waals surface area contributed by atoms with Crippen LogP contribution >= 0.6 is 33.3 Å². The second kappa shape index (κ2) is 5.94. The van der Waals surface area contributed by atoms with E-state index in [0.29, 0.717) is 14.4 Å². The normalized spacial score (nSPS) is 14.1. The topological polar surface area (TPSA) is 26.3 Å². The zero-order chi connectivity index (χ0) is 7.28. The van der Waals surface area contributed by atoms with Gasteiger partial charge in [0.05, 0.1) is 0 Å². The van der Waals surface area contributed by atoms with E-state index in [4.69, 9.17) is 4.52 Å². The minimum atomic E-state index is -0.566. The molecule has 6 heteroatoms. The van der Waals surface area contributed by atoms with Crippen molar-refractivity contribution in [1.29, 1.82) is 0 Å². The fourth-order valence-corrected chi connectivity index (χ4v) is 1.89. The number of rotatable bonds is 3. The standard InChI is InChI=1S/C3H10O2P4/c1-2-3(4)5-9(7)8-6/h8H,2,6-7H2,1H3. The summed E-state index contributed by atoms with van der Waals surface area (Å²) in [6.45, 7) is 1.79. The van der Waals surface area contributed by atoms with Crippen molar-refractivity contribution in [2.45, 2.75) is 13.3 Å². The Balaban J connectivity index is 3.34. The average Bonchev–Trinajstić information content (AvgIpc) is 1.87. The third kappa shape index (κ3) is 5.63. The molecule has 9 heavy (non-hydrogen) atoms. The first-order valence-corrected chi connectivity index (χ1v) is 8.95. The number of carbonyl (C=O) groups excluding carboxylic acids is 1. The smallest absolute Gasteiger partial charge is 0.308 e. The van der Waals surface area contributed by atoms with Gasteiger partial charge in [-0.05, 0) is 7.96 Å². The predicted octanol–water partition coefficient (Wildman–Crippen LogP) is 2.51. The molecule has 0 saturated heterocycles. The first-order valence-electron chi connectivity index (χ1n) is 2.42. The van der Waals surface area contributed by atoms with Crippen LogP contribution in [0, 0.1) is 0 Å². The summed E-state index contributed by atoms with van der Waals surface area (Å²) in [6, 6.07) is 0. The molecule has 0 aliphatic rings. The lowest BCUT2D eigenvalue weighted by Gasteiger charge is -2.07. The Bertz CT molecular complexity index is 95.8. The highest BCUT2D eigenvalue weighted by atomic mass is 32.6. The zero-order valence-electron chi connectivity index (χ0n) is 5.13. The van der Waals surface area contributed by atoms with Crippen LogP contribution in [-0.4, -0.2) is 5.97 Å². The summed E-state index contributed by atoms with van der Waals surface area (Å²) in [7, 11) is 5.15. The average molecular weight is 202 g/mol. The molecule has 0 N–H and O–H groups in total. The molecular formula is C3H10O2P4. The van der Waals surface area contributed by atoms with Crippen LogP contribution in [0.3, 0.4) is 0 Å². The molecule has 0 fully saturated rings. The highest BCUT2D eigenvalue weighted by Gasteiger charge is 2.03. The van der Waals surface area contributed by atoms with Crippen LogP contribution in [0.5, 0.6) is 0 Å². The van der Waals surface area contributed by atoms with Crippen molar-refractivity contribution in [3.05, 3.63) is 0 Å². The highest BCUT2D eigenvalue weighted by Crippen LogP contribution is 2.66. The lowest BCUT2D eigenvalue weighted by atomic mass is 10.5. The molecule has 0 aromatic rings. The summed E-state index contributed by atoms with van der Waals surface area (Å²) < 4.78 is 4.93. The van der Waals surface area contributed by atoms with Crippen molar-refractivity contribution >= 4 is 39.3 Å². The molecule has 0 radical (unpaired) electrons. The molecule has 0 amide bonds. The Morgan fingerprint density at radius 1 is 1.89 bits per heavy atom. The van der Waals surface area contributed by atoms with E-state index in [1.807, 2.05) is 0 Å². The molecule has 0 spiro atoms. The summed E-state index contributed by atoms with van der Waals surface area (Å²) in [4.78, 5) is 10.6. The minimum absolute atomic E-state index is 0.105.